The van der Waals surface area contributed by atoms with Crippen molar-refractivity contribution in [3.63, 3.8) is 0 Å². The Morgan fingerprint density at radius 3 is 2.54 bits per heavy atom. The lowest BCUT2D eigenvalue weighted by Gasteiger charge is -2.43. The van der Waals surface area contributed by atoms with E-state index in [2.05, 4.69) is 30.5 Å². The van der Waals surface area contributed by atoms with Crippen LogP contribution in [-0.2, 0) is 36.1 Å². The van der Waals surface area contributed by atoms with E-state index >= 15 is 0 Å². The fourth-order valence-corrected chi connectivity index (χ4v) is 5.99. The largest absolute Gasteiger partial charge is 0.489 e. The van der Waals surface area contributed by atoms with E-state index in [0.717, 1.165) is 24.4 Å². The zero-order valence-electron chi connectivity index (χ0n) is 23.7. The van der Waals surface area contributed by atoms with E-state index in [4.69, 9.17) is 21.0 Å². The first-order chi connectivity index (χ1) is 21.9. The minimum Gasteiger partial charge on any atom is -0.489 e. The quantitative estimate of drug-likeness (QED) is 0.0404. The van der Waals surface area contributed by atoms with Gasteiger partial charge in [-0.15, -0.1) is 11.3 Å². The zero-order valence-corrected chi connectivity index (χ0v) is 25.4. The molecule has 7 N–H and O–H groups in total. The topological polar surface area (TPSA) is 280 Å². The summed E-state index contributed by atoms with van der Waals surface area (Å²) in [7, 11) is -4.94. The molecular weight excluding hydrogens is 648 g/mol. The molecule has 4 heterocycles. The second-order valence-corrected chi connectivity index (χ2v) is 12.3. The molecule has 0 unspecified atom stereocenters. The molecule has 5 rings (SSSR count). The molecule has 2 aliphatic rings. The zero-order chi connectivity index (χ0) is 33.0. The van der Waals surface area contributed by atoms with Crippen LogP contribution in [0.2, 0.25) is 0 Å². The monoisotopic (exact) mass is 676 g/mol. The van der Waals surface area contributed by atoms with Gasteiger partial charge in [-0.2, -0.15) is 13.5 Å². The Hall–Kier alpha value is -4.99. The number of aromatic nitrogens is 4. The molecule has 244 valence electrons. The van der Waals surface area contributed by atoms with Crippen LogP contribution in [0.25, 0.3) is 0 Å². The van der Waals surface area contributed by atoms with Gasteiger partial charge in [0, 0.05) is 30.5 Å². The van der Waals surface area contributed by atoms with Gasteiger partial charge in [0.25, 0.3) is 6.10 Å². The number of carboxylic acids is 1. The summed E-state index contributed by atoms with van der Waals surface area (Å²) < 4.78 is 40.3. The van der Waals surface area contributed by atoms with E-state index in [0.29, 0.717) is 17.1 Å². The van der Waals surface area contributed by atoms with Crippen LogP contribution in [0, 0.1) is 5.92 Å². The number of oxime groups is 1. The van der Waals surface area contributed by atoms with Gasteiger partial charge in [-0.3, -0.25) is 23.8 Å². The maximum atomic E-state index is 13.4. The van der Waals surface area contributed by atoms with Crippen molar-refractivity contribution < 1.29 is 42.0 Å². The number of ether oxygens (including phenoxy) is 1. The number of carbonyl (C=O) groups excluding carboxylic acids is 2. The van der Waals surface area contributed by atoms with Crippen LogP contribution in [0.5, 0.6) is 5.75 Å². The van der Waals surface area contributed by atoms with Crippen molar-refractivity contribution >= 4 is 56.0 Å². The summed E-state index contributed by atoms with van der Waals surface area (Å²) in [6, 6.07) is 5.42. The number of nitrogens with two attached hydrogens (primary N) is 2. The summed E-state index contributed by atoms with van der Waals surface area (Å²) in [4.78, 5) is 55.5. The fraction of sp³-hybridized carbons (Fsp3) is 0.360. The lowest BCUT2D eigenvalue weighted by Crippen LogP contribution is -2.64. The summed E-state index contributed by atoms with van der Waals surface area (Å²) in [5.41, 5.74) is 11.9. The predicted molar refractivity (Wildman–Crippen MR) is 160 cm³/mol. The minimum absolute atomic E-state index is 0.0590. The molecule has 2 aliphatic heterocycles. The van der Waals surface area contributed by atoms with Crippen molar-refractivity contribution in [2.75, 3.05) is 25.4 Å². The molecule has 3 aromatic rings. The number of hydrogen-bond donors (Lipinski definition) is 5. The number of carbonyl (C=O) groups is 3. The first-order valence-electron chi connectivity index (χ1n) is 13.5. The molecule has 21 heteroatoms. The molecule has 0 bridgehead atoms. The molecule has 46 heavy (non-hydrogen) atoms. The number of hydrogen-bond acceptors (Lipinski definition) is 15. The third-order valence-corrected chi connectivity index (χ3v) is 8.62. The lowest BCUT2D eigenvalue weighted by molar-refractivity contribution is -0.152. The highest BCUT2D eigenvalue weighted by Gasteiger charge is 2.54. The Labute approximate surface area is 264 Å². The van der Waals surface area contributed by atoms with Gasteiger partial charge in [0.05, 0.1) is 24.5 Å². The number of Topliss-reactive ketones (excluding diaryl/α,β-unsaturated/α-hetero) is 1. The highest BCUT2D eigenvalue weighted by molar-refractivity contribution is 7.84. The number of β-lactam (4-membered cyclic amide) rings is 1. The summed E-state index contributed by atoms with van der Waals surface area (Å²) in [6.45, 7) is 0.785. The predicted octanol–water partition coefficient (Wildman–Crippen LogP) is -1.46. The fourth-order valence-electron chi connectivity index (χ4n) is 4.53. The van der Waals surface area contributed by atoms with Crippen molar-refractivity contribution in [1.29, 1.82) is 0 Å². The van der Waals surface area contributed by atoms with Crippen LogP contribution in [0.1, 0.15) is 17.7 Å². The van der Waals surface area contributed by atoms with Gasteiger partial charge in [0.2, 0.25) is 5.91 Å². The van der Waals surface area contributed by atoms with E-state index in [1.54, 1.807) is 24.3 Å². The van der Waals surface area contributed by atoms with Crippen LogP contribution >= 0.6 is 11.3 Å². The van der Waals surface area contributed by atoms with Crippen LogP contribution in [-0.4, -0.2) is 109 Å². The van der Waals surface area contributed by atoms with E-state index in [1.807, 2.05) is 0 Å². The van der Waals surface area contributed by atoms with Gasteiger partial charge in [0.15, 0.2) is 16.6 Å². The number of thiazole rings is 1. The van der Waals surface area contributed by atoms with Gasteiger partial charge in [-0.25, -0.2) is 19.1 Å². The van der Waals surface area contributed by atoms with Gasteiger partial charge < -0.3 is 31.5 Å². The highest BCUT2D eigenvalue weighted by atomic mass is 32.2. The number of carboxylic acid groups (broad SMARTS) is 1. The third kappa shape index (κ3) is 7.44. The van der Waals surface area contributed by atoms with Crippen LogP contribution in [0.3, 0.4) is 0 Å². The van der Waals surface area contributed by atoms with E-state index in [-0.39, 0.29) is 27.7 Å². The van der Waals surface area contributed by atoms with Gasteiger partial charge in [-0.1, -0.05) is 5.16 Å². The molecule has 0 spiro atoms. The number of amides is 1. The van der Waals surface area contributed by atoms with E-state index in [9.17, 15) is 32.5 Å². The molecule has 1 aromatic carbocycles. The Kier molecular flexibility index (Phi) is 9.55. The summed E-state index contributed by atoms with van der Waals surface area (Å²) in [5.74, 6) is -3.88. The molecule has 19 nitrogen and oxygen atoms in total. The van der Waals surface area contributed by atoms with Crippen LogP contribution < -0.4 is 21.5 Å². The molecule has 1 amide bonds. The van der Waals surface area contributed by atoms with E-state index < -0.39 is 64.8 Å². The molecule has 3 atom stereocenters. The standard InChI is InChI=1S/C25H28N10O9S2/c26-22(31-14-6-28-7-14)13-1-3-15(4-2-13)43-9-20(24(38)39)44-33-21(17-10-45-25(27)32-17)19(36)5-16-18(8-34-12-29-11-30-34)35(23(16)37)46(40,41)42/h1-4,10-12,14,16,18,20,28H,5-9H2,(H2,26,31)(H2,27,32)(H,38,39)(H,40,41,42)/b33-21-/t16-,18+,20-/m0/s1. The average Bonchev–Trinajstić information content (AvgIpc) is 3.66. The van der Waals surface area contributed by atoms with Crippen molar-refractivity contribution in [3.05, 3.63) is 53.6 Å². The van der Waals surface area contributed by atoms with Crippen molar-refractivity contribution in [1.82, 2.24) is 29.4 Å². The number of aliphatic imine (C=N–C) groups is 1. The van der Waals surface area contributed by atoms with E-state index in [1.165, 1.54) is 22.7 Å². The summed E-state index contributed by atoms with van der Waals surface area (Å²) in [5, 5.41) is 21.9. The number of nitrogen functional groups attached to an aromatic ring is 1. The number of ketones is 1. The molecular formula is C25H28N10O9S2. The first kappa shape index (κ1) is 32.4. The molecule has 0 radical (unpaired) electrons. The summed E-state index contributed by atoms with van der Waals surface area (Å²) in [6.07, 6.45) is 0.179. The molecule has 2 aromatic heterocycles. The smallest absolute Gasteiger partial charge is 0.362 e. The van der Waals surface area contributed by atoms with Crippen LogP contribution in [0.4, 0.5) is 5.13 Å². The van der Waals surface area contributed by atoms with Crippen molar-refractivity contribution in [3.8, 4) is 5.75 Å². The Bertz CT molecular complexity index is 1760. The first-order valence-corrected chi connectivity index (χ1v) is 15.8. The lowest BCUT2D eigenvalue weighted by atomic mass is 9.84. The Morgan fingerprint density at radius 2 is 1.98 bits per heavy atom. The maximum Gasteiger partial charge on any atom is 0.362 e. The number of benzene rings is 1. The summed E-state index contributed by atoms with van der Waals surface area (Å²) >= 11 is 0.966. The Balaban J connectivity index is 1.28. The van der Waals surface area contributed by atoms with Gasteiger partial charge in [-0.05, 0) is 24.3 Å². The number of aliphatic carboxylic acids is 1. The van der Waals surface area contributed by atoms with Gasteiger partial charge in [0.1, 0.15) is 36.5 Å². The highest BCUT2D eigenvalue weighted by Crippen LogP contribution is 2.33. The molecule has 0 aliphatic carbocycles. The maximum absolute atomic E-state index is 13.4. The SMILES string of the molecule is NC(=NC1CNC1)c1ccc(OC[C@H](O/N=C(\C(=O)C[C@@H]2C(=O)N(S(=O)(=O)O)[C@@H]2Cn2cncn2)c2csc(N)n2)C(=O)O)cc1. The van der Waals surface area contributed by atoms with Gasteiger partial charge >= 0.3 is 16.3 Å². The van der Waals surface area contributed by atoms with Crippen molar-refractivity contribution in [2.24, 2.45) is 21.8 Å². The normalized spacial score (nSPS) is 19.7. The number of nitrogens with zero attached hydrogens (tertiary/aromatic N) is 7. The molecule has 0 saturated carbocycles. The second kappa shape index (κ2) is 13.6. The Morgan fingerprint density at radius 1 is 1.24 bits per heavy atom. The average molecular weight is 677 g/mol. The number of anilines is 1. The number of rotatable bonds is 15. The number of nitrogens with one attached hydrogen (secondary N) is 1. The second-order valence-electron chi connectivity index (χ2n) is 10.1. The third-order valence-electron chi connectivity index (χ3n) is 7.00. The number of amidine groups is 1. The van der Waals surface area contributed by atoms with Crippen molar-refractivity contribution in [2.45, 2.75) is 31.2 Å². The van der Waals surface area contributed by atoms with Crippen LogP contribution in [0.15, 0.2) is 52.4 Å². The molecule has 2 fully saturated rings. The molecule has 2 saturated heterocycles. The minimum atomic E-state index is -4.94.